The van der Waals surface area contributed by atoms with Gasteiger partial charge in [0.05, 0.1) is 0 Å². The first-order valence-corrected chi connectivity index (χ1v) is 9.12. The zero-order valence-corrected chi connectivity index (χ0v) is 14.4. The first-order valence-electron chi connectivity index (χ1n) is 9.12. The Morgan fingerprint density at radius 3 is 2.64 bits per heavy atom. The van der Waals surface area contributed by atoms with Gasteiger partial charge >= 0.3 is 0 Å². The number of hydrogen-bond acceptors (Lipinski definition) is 2. The second-order valence-electron chi connectivity index (χ2n) is 6.63. The third kappa shape index (κ3) is 3.69. The lowest BCUT2D eigenvalue weighted by molar-refractivity contribution is 0.731. The molecule has 2 heterocycles. The Morgan fingerprint density at radius 2 is 1.68 bits per heavy atom. The van der Waals surface area contributed by atoms with Crippen molar-refractivity contribution >= 4 is 11.4 Å². The Morgan fingerprint density at radius 1 is 0.840 bits per heavy atom. The Kier molecular flexibility index (Phi) is 4.69. The molecule has 2 aromatic rings. The third-order valence-corrected chi connectivity index (χ3v) is 4.93. The van der Waals surface area contributed by atoms with Gasteiger partial charge in [0.2, 0.25) is 0 Å². The Balaban J connectivity index is 1.38. The molecule has 0 bridgehead atoms. The van der Waals surface area contributed by atoms with Crippen LogP contribution in [0.3, 0.4) is 0 Å². The molecule has 0 saturated carbocycles. The predicted octanol–water partition coefficient (Wildman–Crippen LogP) is 4.71. The van der Waals surface area contributed by atoms with Crippen LogP contribution in [0.1, 0.15) is 23.1 Å². The van der Waals surface area contributed by atoms with Crippen LogP contribution in [-0.4, -0.2) is 12.6 Å². The molecule has 0 fully saturated rings. The third-order valence-electron chi connectivity index (χ3n) is 4.93. The van der Waals surface area contributed by atoms with Crippen molar-refractivity contribution in [1.82, 2.24) is 5.32 Å². The predicted molar refractivity (Wildman–Crippen MR) is 107 cm³/mol. The minimum atomic E-state index is 0.417. The summed E-state index contributed by atoms with van der Waals surface area (Å²) in [7, 11) is 0. The lowest BCUT2D eigenvalue weighted by Gasteiger charge is -2.24. The molecule has 2 aromatic carbocycles. The molecule has 0 aromatic heterocycles. The molecule has 0 aliphatic carbocycles. The van der Waals surface area contributed by atoms with Crippen molar-refractivity contribution in [1.29, 1.82) is 0 Å². The van der Waals surface area contributed by atoms with E-state index in [2.05, 4.69) is 89.5 Å². The highest BCUT2D eigenvalue weighted by Crippen LogP contribution is 2.24. The van der Waals surface area contributed by atoms with E-state index < -0.39 is 0 Å². The van der Waals surface area contributed by atoms with Gasteiger partial charge in [-0.1, -0.05) is 66.8 Å². The average molecular weight is 328 g/mol. The largest absolute Gasteiger partial charge is 0.384 e. The molecule has 2 aliphatic rings. The number of anilines is 1. The van der Waals surface area contributed by atoms with E-state index >= 15 is 0 Å². The lowest BCUT2D eigenvalue weighted by Crippen LogP contribution is -2.23. The number of nitrogens with one attached hydrogen (secondary N) is 2. The monoisotopic (exact) mass is 328 g/mol. The zero-order chi connectivity index (χ0) is 16.9. The molecule has 25 heavy (non-hydrogen) atoms. The van der Waals surface area contributed by atoms with Gasteiger partial charge in [-0.25, -0.2) is 0 Å². The van der Waals surface area contributed by atoms with E-state index in [-0.39, 0.29) is 0 Å². The fourth-order valence-corrected chi connectivity index (χ4v) is 3.60. The molecule has 0 saturated heterocycles. The van der Waals surface area contributed by atoms with Crippen molar-refractivity contribution < 1.29 is 0 Å². The van der Waals surface area contributed by atoms with Crippen LogP contribution in [0.15, 0.2) is 78.9 Å². The molecule has 2 N–H and O–H groups in total. The maximum atomic E-state index is 3.60. The molecule has 0 amide bonds. The number of benzene rings is 2. The van der Waals surface area contributed by atoms with Gasteiger partial charge in [-0.2, -0.15) is 0 Å². The van der Waals surface area contributed by atoms with Crippen LogP contribution in [0.25, 0.3) is 5.70 Å². The lowest BCUT2D eigenvalue weighted by atomic mass is 9.97. The average Bonchev–Trinajstić information content (AvgIpc) is 2.68. The topological polar surface area (TPSA) is 24.1 Å². The van der Waals surface area contributed by atoms with Crippen LogP contribution in [0.5, 0.6) is 0 Å². The fraction of sp³-hybridized carbons (Fsp3) is 0.217. The molecule has 1 atom stereocenters. The second-order valence-corrected chi connectivity index (χ2v) is 6.63. The van der Waals surface area contributed by atoms with E-state index in [0.717, 1.165) is 25.8 Å². The number of allylic oxidation sites excluding steroid dienone is 4. The number of hydrogen-bond donors (Lipinski definition) is 2. The van der Waals surface area contributed by atoms with Gasteiger partial charge in [0, 0.05) is 29.5 Å². The number of fused-ring (bicyclic) bond motifs is 2. The SMILES string of the molecule is C(=C\C=C1\NCCc2ccccc21)/C=C/C1CCc2ccccc2N1. The van der Waals surface area contributed by atoms with Crippen LogP contribution >= 0.6 is 0 Å². The summed E-state index contributed by atoms with van der Waals surface area (Å²) in [4.78, 5) is 0. The maximum Gasteiger partial charge on any atom is 0.0450 e. The van der Waals surface area contributed by atoms with E-state index in [4.69, 9.17) is 0 Å². The summed E-state index contributed by atoms with van der Waals surface area (Å²) in [6, 6.07) is 17.7. The summed E-state index contributed by atoms with van der Waals surface area (Å²) in [6.45, 7) is 1.01. The summed E-state index contributed by atoms with van der Waals surface area (Å²) < 4.78 is 0. The quantitative estimate of drug-likeness (QED) is 0.797. The standard InChI is InChI=1S/C23H24N2/c1(2-10-20-15-14-19-9-5-7-12-22(19)25-20)3-13-23-21-11-6-4-8-18(21)16-17-24-23/h1-13,20,24-25H,14-17H2/b3-1+,10-2+,23-13+. The van der Waals surface area contributed by atoms with E-state index in [1.807, 2.05) is 0 Å². The number of aryl methyl sites for hydroxylation is 1. The maximum absolute atomic E-state index is 3.60. The van der Waals surface area contributed by atoms with Crippen LogP contribution < -0.4 is 10.6 Å². The molecule has 2 aliphatic heterocycles. The summed E-state index contributed by atoms with van der Waals surface area (Å²) in [5.74, 6) is 0. The normalized spacial score (nSPS) is 21.0. The van der Waals surface area contributed by atoms with E-state index in [9.17, 15) is 0 Å². The van der Waals surface area contributed by atoms with Crippen LogP contribution in [-0.2, 0) is 12.8 Å². The van der Waals surface area contributed by atoms with Crippen molar-refractivity contribution in [3.63, 3.8) is 0 Å². The molecule has 4 rings (SSSR count). The van der Waals surface area contributed by atoms with Crippen LogP contribution in [0.4, 0.5) is 5.69 Å². The Labute approximate surface area is 150 Å². The van der Waals surface area contributed by atoms with Gasteiger partial charge in [0.1, 0.15) is 0 Å². The van der Waals surface area contributed by atoms with Gasteiger partial charge in [-0.3, -0.25) is 0 Å². The first kappa shape index (κ1) is 15.8. The summed E-state index contributed by atoms with van der Waals surface area (Å²) in [6.07, 6.45) is 14.2. The highest BCUT2D eigenvalue weighted by molar-refractivity contribution is 5.69. The number of rotatable bonds is 3. The molecule has 0 spiro atoms. The Bertz CT molecular complexity index is 829. The van der Waals surface area contributed by atoms with Crippen molar-refractivity contribution in [2.24, 2.45) is 0 Å². The molecule has 2 nitrogen and oxygen atoms in total. The molecular formula is C23H24N2. The van der Waals surface area contributed by atoms with Crippen molar-refractivity contribution in [3.8, 4) is 0 Å². The summed E-state index contributed by atoms with van der Waals surface area (Å²) in [5, 5.41) is 7.10. The highest BCUT2D eigenvalue weighted by Gasteiger charge is 2.14. The van der Waals surface area contributed by atoms with Gasteiger partial charge < -0.3 is 10.6 Å². The minimum Gasteiger partial charge on any atom is -0.384 e. The smallest absolute Gasteiger partial charge is 0.0450 e. The van der Waals surface area contributed by atoms with Crippen molar-refractivity contribution in [2.75, 3.05) is 11.9 Å². The molecule has 2 heteroatoms. The molecule has 0 radical (unpaired) electrons. The van der Waals surface area contributed by atoms with Crippen molar-refractivity contribution in [2.45, 2.75) is 25.3 Å². The molecule has 126 valence electrons. The molecular weight excluding hydrogens is 304 g/mol. The number of para-hydroxylation sites is 1. The minimum absolute atomic E-state index is 0.417. The van der Waals surface area contributed by atoms with E-state index in [1.165, 1.54) is 28.1 Å². The fourth-order valence-electron chi connectivity index (χ4n) is 3.60. The highest BCUT2D eigenvalue weighted by atomic mass is 14.9. The van der Waals surface area contributed by atoms with E-state index in [0.29, 0.717) is 6.04 Å². The van der Waals surface area contributed by atoms with Gasteiger partial charge in [0.25, 0.3) is 0 Å². The summed E-state index contributed by atoms with van der Waals surface area (Å²) in [5.41, 5.74) is 6.68. The van der Waals surface area contributed by atoms with Crippen LogP contribution in [0.2, 0.25) is 0 Å². The van der Waals surface area contributed by atoms with E-state index in [1.54, 1.807) is 0 Å². The van der Waals surface area contributed by atoms with Crippen molar-refractivity contribution in [3.05, 3.63) is 95.6 Å². The Hall–Kier alpha value is -2.74. The zero-order valence-electron chi connectivity index (χ0n) is 14.4. The van der Waals surface area contributed by atoms with Gasteiger partial charge in [-0.15, -0.1) is 0 Å². The first-order chi connectivity index (χ1) is 12.4. The molecule has 1 unspecified atom stereocenters. The summed E-state index contributed by atoms with van der Waals surface area (Å²) >= 11 is 0. The second kappa shape index (κ2) is 7.43. The van der Waals surface area contributed by atoms with Gasteiger partial charge in [0.15, 0.2) is 0 Å². The van der Waals surface area contributed by atoms with Crippen LogP contribution in [0, 0.1) is 0 Å². The van der Waals surface area contributed by atoms with Gasteiger partial charge in [-0.05, 0) is 42.5 Å².